The Balaban J connectivity index is 1.66. The first kappa shape index (κ1) is 21.9. The maximum Gasteiger partial charge on any atom is 0.416 e. The van der Waals surface area contributed by atoms with Crippen LogP contribution in [-0.2, 0) is 17.5 Å². The lowest BCUT2D eigenvalue weighted by atomic mass is 10.1. The third kappa shape index (κ3) is 6.33. The van der Waals surface area contributed by atoms with Crippen molar-refractivity contribution in [3.05, 3.63) is 89.5 Å². The molecular formula is C23H19F3N2O3. The Labute approximate surface area is 176 Å². The van der Waals surface area contributed by atoms with E-state index in [0.29, 0.717) is 11.3 Å². The molecule has 0 saturated carbocycles. The van der Waals surface area contributed by atoms with Crippen molar-refractivity contribution in [1.29, 1.82) is 0 Å². The fraction of sp³-hybridized carbons (Fsp3) is 0.130. The Morgan fingerprint density at radius 1 is 0.903 bits per heavy atom. The zero-order chi connectivity index (χ0) is 22.4. The molecule has 2 amide bonds. The van der Waals surface area contributed by atoms with Gasteiger partial charge in [-0.1, -0.05) is 24.3 Å². The highest BCUT2D eigenvalue weighted by molar-refractivity contribution is 5.94. The van der Waals surface area contributed by atoms with Crippen molar-refractivity contribution < 1.29 is 27.5 Å². The Morgan fingerprint density at radius 3 is 2.29 bits per heavy atom. The molecule has 0 heterocycles. The minimum absolute atomic E-state index is 0.0159. The van der Waals surface area contributed by atoms with Crippen LogP contribution in [0.25, 0.3) is 0 Å². The van der Waals surface area contributed by atoms with E-state index < -0.39 is 11.7 Å². The molecule has 8 heteroatoms. The summed E-state index contributed by atoms with van der Waals surface area (Å²) < 4.78 is 44.1. The number of carbonyl (C=O) groups excluding carboxylic acids is 2. The topological polar surface area (TPSA) is 67.4 Å². The normalized spacial score (nSPS) is 11.0. The largest absolute Gasteiger partial charge is 0.457 e. The van der Waals surface area contributed by atoms with E-state index in [4.69, 9.17) is 4.74 Å². The number of nitrogens with one attached hydrogen (secondary N) is 2. The van der Waals surface area contributed by atoms with Gasteiger partial charge in [-0.25, -0.2) is 0 Å². The van der Waals surface area contributed by atoms with E-state index in [0.717, 1.165) is 17.7 Å². The predicted octanol–water partition coefficient (Wildman–Crippen LogP) is 5.39. The molecule has 5 nitrogen and oxygen atoms in total. The van der Waals surface area contributed by atoms with E-state index in [1.807, 2.05) is 0 Å². The van der Waals surface area contributed by atoms with Gasteiger partial charge in [0.15, 0.2) is 0 Å². The summed E-state index contributed by atoms with van der Waals surface area (Å²) in [6.45, 7) is 1.63. The molecule has 0 atom stereocenters. The lowest BCUT2D eigenvalue weighted by molar-refractivity contribution is -0.137. The van der Waals surface area contributed by atoms with Crippen LogP contribution in [0.3, 0.4) is 0 Å². The number of halogens is 3. The molecular weight excluding hydrogens is 409 g/mol. The van der Waals surface area contributed by atoms with Gasteiger partial charge < -0.3 is 15.4 Å². The van der Waals surface area contributed by atoms with Crippen molar-refractivity contribution in [2.24, 2.45) is 0 Å². The van der Waals surface area contributed by atoms with Crippen LogP contribution >= 0.6 is 0 Å². The summed E-state index contributed by atoms with van der Waals surface area (Å²) >= 11 is 0. The Bertz CT molecular complexity index is 1100. The van der Waals surface area contributed by atoms with Crippen molar-refractivity contribution >= 4 is 17.5 Å². The van der Waals surface area contributed by atoms with Gasteiger partial charge in [-0.15, -0.1) is 0 Å². The van der Waals surface area contributed by atoms with Gasteiger partial charge in [-0.05, 0) is 54.1 Å². The zero-order valence-electron chi connectivity index (χ0n) is 16.5. The van der Waals surface area contributed by atoms with Crippen molar-refractivity contribution in [3.8, 4) is 11.5 Å². The fourth-order valence-corrected chi connectivity index (χ4v) is 2.82. The van der Waals surface area contributed by atoms with Crippen LogP contribution in [-0.4, -0.2) is 11.8 Å². The van der Waals surface area contributed by atoms with Gasteiger partial charge in [0.25, 0.3) is 5.91 Å². The first-order valence-corrected chi connectivity index (χ1v) is 9.30. The third-order valence-electron chi connectivity index (χ3n) is 4.19. The summed E-state index contributed by atoms with van der Waals surface area (Å²) in [5, 5.41) is 5.43. The SMILES string of the molecule is CC(=O)Nc1cccc(CNC(=O)c2cccc(Oc3cccc(C(F)(F)F)c3)c2)c1. The monoisotopic (exact) mass is 428 g/mol. The quantitative estimate of drug-likeness (QED) is 0.554. The van der Waals surface area contributed by atoms with Gasteiger partial charge in [0, 0.05) is 24.7 Å². The molecule has 31 heavy (non-hydrogen) atoms. The second kappa shape index (κ2) is 9.34. The fourth-order valence-electron chi connectivity index (χ4n) is 2.82. The minimum Gasteiger partial charge on any atom is -0.457 e. The number of anilines is 1. The van der Waals surface area contributed by atoms with Crippen LogP contribution in [0.15, 0.2) is 72.8 Å². The molecule has 3 rings (SSSR count). The number of alkyl halides is 3. The summed E-state index contributed by atoms with van der Waals surface area (Å²) in [7, 11) is 0. The molecule has 160 valence electrons. The van der Waals surface area contributed by atoms with Crippen LogP contribution in [0.1, 0.15) is 28.4 Å². The predicted molar refractivity (Wildman–Crippen MR) is 110 cm³/mol. The highest BCUT2D eigenvalue weighted by Gasteiger charge is 2.30. The zero-order valence-corrected chi connectivity index (χ0v) is 16.5. The van der Waals surface area contributed by atoms with E-state index in [2.05, 4.69) is 10.6 Å². The van der Waals surface area contributed by atoms with Crippen molar-refractivity contribution in [2.45, 2.75) is 19.6 Å². The average molecular weight is 428 g/mol. The van der Waals surface area contributed by atoms with Crippen LogP contribution in [0.2, 0.25) is 0 Å². The molecule has 0 radical (unpaired) electrons. The van der Waals surface area contributed by atoms with Crippen molar-refractivity contribution in [3.63, 3.8) is 0 Å². The standard InChI is InChI=1S/C23H19F3N2O3/c1-15(29)28-19-8-2-5-16(11-19)14-27-22(30)17-6-3-9-20(12-17)31-21-10-4-7-18(13-21)23(24,25)26/h2-13H,14H2,1H3,(H,27,30)(H,28,29). The first-order valence-electron chi connectivity index (χ1n) is 9.30. The van der Waals surface area contributed by atoms with E-state index in [1.165, 1.54) is 25.1 Å². The van der Waals surface area contributed by atoms with Gasteiger partial charge in [0.1, 0.15) is 11.5 Å². The number of hydrogen-bond donors (Lipinski definition) is 2. The molecule has 0 fully saturated rings. The summed E-state index contributed by atoms with van der Waals surface area (Å²) in [4.78, 5) is 23.6. The summed E-state index contributed by atoms with van der Waals surface area (Å²) in [5.74, 6) is -0.319. The molecule has 0 aromatic heterocycles. The van der Waals surface area contributed by atoms with Gasteiger partial charge in [0.2, 0.25) is 5.91 Å². The van der Waals surface area contributed by atoms with E-state index >= 15 is 0 Å². The van der Waals surface area contributed by atoms with E-state index in [-0.39, 0.29) is 29.9 Å². The lowest BCUT2D eigenvalue weighted by Gasteiger charge is -2.11. The van der Waals surface area contributed by atoms with Crippen LogP contribution < -0.4 is 15.4 Å². The Morgan fingerprint density at radius 2 is 1.58 bits per heavy atom. The summed E-state index contributed by atoms with van der Waals surface area (Å²) in [5.41, 5.74) is 0.884. The molecule has 0 unspecified atom stereocenters. The molecule has 0 aliphatic carbocycles. The van der Waals surface area contributed by atoms with Gasteiger partial charge in [0.05, 0.1) is 5.56 Å². The smallest absolute Gasteiger partial charge is 0.416 e. The number of amides is 2. The third-order valence-corrected chi connectivity index (χ3v) is 4.19. The van der Waals surface area contributed by atoms with Crippen LogP contribution in [0.4, 0.5) is 18.9 Å². The van der Waals surface area contributed by atoms with Crippen LogP contribution in [0, 0.1) is 0 Å². The Kier molecular flexibility index (Phi) is 6.59. The number of hydrogen-bond acceptors (Lipinski definition) is 3. The first-order chi connectivity index (χ1) is 14.7. The minimum atomic E-state index is -4.47. The average Bonchev–Trinajstić information content (AvgIpc) is 2.71. The Hall–Kier alpha value is -3.81. The van der Waals surface area contributed by atoms with Crippen LogP contribution in [0.5, 0.6) is 11.5 Å². The van der Waals surface area contributed by atoms with E-state index in [1.54, 1.807) is 42.5 Å². The molecule has 0 aliphatic rings. The summed E-state index contributed by atoms with van der Waals surface area (Å²) in [6, 6.07) is 17.7. The maximum atomic E-state index is 12.9. The second-order valence-corrected chi connectivity index (χ2v) is 6.72. The maximum absolute atomic E-state index is 12.9. The van der Waals surface area contributed by atoms with Crippen molar-refractivity contribution in [1.82, 2.24) is 5.32 Å². The highest BCUT2D eigenvalue weighted by atomic mass is 19.4. The number of carbonyl (C=O) groups is 2. The number of ether oxygens (including phenoxy) is 1. The number of benzene rings is 3. The molecule has 2 N–H and O–H groups in total. The highest BCUT2D eigenvalue weighted by Crippen LogP contribution is 2.32. The second-order valence-electron chi connectivity index (χ2n) is 6.72. The van der Waals surface area contributed by atoms with Gasteiger partial charge in [-0.3, -0.25) is 9.59 Å². The van der Waals surface area contributed by atoms with Gasteiger partial charge >= 0.3 is 6.18 Å². The lowest BCUT2D eigenvalue weighted by Crippen LogP contribution is -2.22. The molecule has 3 aromatic carbocycles. The van der Waals surface area contributed by atoms with Gasteiger partial charge in [-0.2, -0.15) is 13.2 Å². The molecule has 0 saturated heterocycles. The van der Waals surface area contributed by atoms with E-state index in [9.17, 15) is 22.8 Å². The molecule has 0 aliphatic heterocycles. The summed E-state index contributed by atoms with van der Waals surface area (Å²) in [6.07, 6.45) is -4.47. The molecule has 0 spiro atoms. The van der Waals surface area contributed by atoms with Crippen molar-refractivity contribution in [2.75, 3.05) is 5.32 Å². The molecule has 3 aromatic rings. The molecule has 0 bridgehead atoms. The number of rotatable bonds is 6.